The fraction of sp³-hybridized carbons (Fsp3) is 0.625. The van der Waals surface area contributed by atoms with Crippen molar-refractivity contribution in [3.8, 4) is 0 Å². The number of likely N-dealkylation sites (N-methyl/N-ethyl adjacent to an activating group) is 1. The van der Waals surface area contributed by atoms with Gasteiger partial charge in [-0.25, -0.2) is 0 Å². The van der Waals surface area contributed by atoms with Crippen LogP contribution in [0.25, 0.3) is 0 Å². The third kappa shape index (κ3) is 6.86. The number of hydrogen-bond donors (Lipinski definition) is 1. The van der Waals surface area contributed by atoms with E-state index in [0.29, 0.717) is 6.54 Å². The average molecular weight is 345 g/mol. The summed E-state index contributed by atoms with van der Waals surface area (Å²) in [6.07, 6.45) is -0.302. The molecule has 124 valence electrons. The number of β-amino-alcohol motifs (C(OH)–C–C–N with tert-alkyl or cyclic N) is 1. The molecule has 0 amide bonds. The van der Waals surface area contributed by atoms with Gasteiger partial charge in [0.1, 0.15) is 0 Å². The van der Waals surface area contributed by atoms with Gasteiger partial charge in [0.2, 0.25) is 0 Å². The van der Waals surface area contributed by atoms with Crippen LogP contribution in [0.15, 0.2) is 29.2 Å². The number of rotatable bonds is 8. The minimum absolute atomic E-state index is 0.302. The van der Waals surface area contributed by atoms with E-state index in [9.17, 15) is 5.11 Å². The Labute approximate surface area is 142 Å². The Kier molecular flexibility index (Phi) is 8.00. The second-order valence-electron chi connectivity index (χ2n) is 5.63. The minimum atomic E-state index is -0.302. The smallest absolute Gasteiger partial charge is 0.0793 e. The Balaban J connectivity index is 1.60. The van der Waals surface area contributed by atoms with Crippen molar-refractivity contribution in [3.63, 3.8) is 0 Å². The molecular formula is C16H25ClN2O2S. The fourth-order valence-electron chi connectivity index (χ4n) is 2.44. The molecule has 6 heteroatoms. The van der Waals surface area contributed by atoms with Crippen molar-refractivity contribution in [3.05, 3.63) is 29.3 Å². The van der Waals surface area contributed by atoms with E-state index in [2.05, 4.69) is 16.8 Å². The molecule has 0 radical (unpaired) electrons. The van der Waals surface area contributed by atoms with E-state index in [0.717, 1.165) is 50.2 Å². The minimum Gasteiger partial charge on any atom is -0.390 e. The van der Waals surface area contributed by atoms with Crippen molar-refractivity contribution < 1.29 is 9.84 Å². The summed E-state index contributed by atoms with van der Waals surface area (Å²) in [6, 6.07) is 7.92. The number of halogens is 1. The summed E-state index contributed by atoms with van der Waals surface area (Å²) in [5, 5.41) is 10.9. The van der Waals surface area contributed by atoms with Gasteiger partial charge >= 0.3 is 0 Å². The lowest BCUT2D eigenvalue weighted by molar-refractivity contribution is 0.00907. The van der Waals surface area contributed by atoms with E-state index < -0.39 is 0 Å². The van der Waals surface area contributed by atoms with Gasteiger partial charge in [0.15, 0.2) is 0 Å². The maximum absolute atomic E-state index is 10.2. The standard InChI is InChI=1S/C16H25ClN2O2S/c1-18(8-11-22-16-4-2-14(17)3-5-16)12-15(20)13-19-6-9-21-10-7-19/h2-5,15,20H,6-13H2,1H3. The van der Waals surface area contributed by atoms with Crippen LogP contribution in [0.2, 0.25) is 5.02 Å². The molecule has 0 aromatic heterocycles. The number of thioether (sulfide) groups is 1. The van der Waals surface area contributed by atoms with Gasteiger partial charge in [0.25, 0.3) is 0 Å². The topological polar surface area (TPSA) is 35.9 Å². The van der Waals surface area contributed by atoms with Crippen LogP contribution < -0.4 is 0 Å². The van der Waals surface area contributed by atoms with Gasteiger partial charge in [-0.05, 0) is 31.3 Å². The van der Waals surface area contributed by atoms with Crippen LogP contribution >= 0.6 is 23.4 Å². The zero-order chi connectivity index (χ0) is 15.8. The first-order chi connectivity index (χ1) is 10.6. The lowest BCUT2D eigenvalue weighted by atomic mass is 10.3. The van der Waals surface area contributed by atoms with E-state index in [4.69, 9.17) is 16.3 Å². The molecule has 0 aliphatic carbocycles. The van der Waals surface area contributed by atoms with Crippen LogP contribution in [0.4, 0.5) is 0 Å². The quantitative estimate of drug-likeness (QED) is 0.730. The van der Waals surface area contributed by atoms with Crippen molar-refractivity contribution in [2.75, 3.05) is 58.7 Å². The van der Waals surface area contributed by atoms with Gasteiger partial charge in [-0.2, -0.15) is 0 Å². The summed E-state index contributed by atoms with van der Waals surface area (Å²) in [5.74, 6) is 1.00. The first kappa shape index (κ1) is 18.0. The van der Waals surface area contributed by atoms with E-state index in [1.165, 1.54) is 4.90 Å². The fourth-order valence-corrected chi connectivity index (χ4v) is 3.53. The highest BCUT2D eigenvalue weighted by molar-refractivity contribution is 7.99. The first-order valence-corrected chi connectivity index (χ1v) is 9.05. The molecule has 1 heterocycles. The molecule has 2 rings (SSSR count). The highest BCUT2D eigenvalue weighted by Gasteiger charge is 2.16. The highest BCUT2D eigenvalue weighted by atomic mass is 35.5. The van der Waals surface area contributed by atoms with Gasteiger partial charge in [0.05, 0.1) is 19.3 Å². The normalized spacial score (nSPS) is 17.8. The van der Waals surface area contributed by atoms with E-state index in [-0.39, 0.29) is 6.10 Å². The Morgan fingerprint density at radius 3 is 2.68 bits per heavy atom. The predicted octanol–water partition coefficient (Wildman–Crippen LogP) is 2.06. The maximum Gasteiger partial charge on any atom is 0.0793 e. The Hall–Kier alpha value is -0.300. The van der Waals surface area contributed by atoms with E-state index in [1.54, 1.807) is 0 Å². The summed E-state index contributed by atoms with van der Waals surface area (Å²) in [4.78, 5) is 5.69. The molecule has 1 aliphatic heterocycles. The van der Waals surface area contributed by atoms with E-state index in [1.807, 2.05) is 36.0 Å². The number of hydrogen-bond acceptors (Lipinski definition) is 5. The van der Waals surface area contributed by atoms with Crippen LogP contribution in [-0.2, 0) is 4.74 Å². The molecule has 4 nitrogen and oxygen atoms in total. The molecule has 0 spiro atoms. The maximum atomic E-state index is 10.2. The molecule has 0 saturated carbocycles. The Morgan fingerprint density at radius 2 is 2.00 bits per heavy atom. The number of nitrogens with zero attached hydrogens (tertiary/aromatic N) is 2. The van der Waals surface area contributed by atoms with Gasteiger partial charge < -0.3 is 14.7 Å². The van der Waals surface area contributed by atoms with Crippen molar-refractivity contribution in [1.29, 1.82) is 0 Å². The highest BCUT2D eigenvalue weighted by Crippen LogP contribution is 2.20. The second kappa shape index (κ2) is 9.75. The molecule has 1 saturated heterocycles. The molecule has 1 unspecified atom stereocenters. The van der Waals surface area contributed by atoms with Crippen molar-refractivity contribution in [2.45, 2.75) is 11.0 Å². The Morgan fingerprint density at radius 1 is 1.32 bits per heavy atom. The molecule has 1 aliphatic rings. The summed E-state index contributed by atoms with van der Waals surface area (Å²) in [5.41, 5.74) is 0. The van der Waals surface area contributed by atoms with Crippen molar-refractivity contribution in [2.24, 2.45) is 0 Å². The SMILES string of the molecule is CN(CCSc1ccc(Cl)cc1)CC(O)CN1CCOCC1. The van der Waals surface area contributed by atoms with Crippen molar-refractivity contribution >= 4 is 23.4 Å². The Bertz CT molecular complexity index is 427. The molecule has 1 aromatic rings. The number of ether oxygens (including phenoxy) is 1. The van der Waals surface area contributed by atoms with Crippen LogP contribution in [0.5, 0.6) is 0 Å². The van der Waals surface area contributed by atoms with Crippen LogP contribution in [-0.4, -0.2) is 79.7 Å². The second-order valence-corrected chi connectivity index (χ2v) is 7.24. The van der Waals surface area contributed by atoms with Gasteiger partial charge in [-0.3, -0.25) is 4.90 Å². The number of morpholine rings is 1. The summed E-state index contributed by atoms with van der Waals surface area (Å²) < 4.78 is 5.32. The molecule has 1 aromatic carbocycles. The zero-order valence-electron chi connectivity index (χ0n) is 13.1. The molecule has 0 bridgehead atoms. The molecule has 22 heavy (non-hydrogen) atoms. The lowest BCUT2D eigenvalue weighted by Gasteiger charge is -2.30. The monoisotopic (exact) mass is 344 g/mol. The van der Waals surface area contributed by atoms with Crippen molar-refractivity contribution in [1.82, 2.24) is 9.80 Å². The first-order valence-electron chi connectivity index (χ1n) is 7.68. The van der Waals surface area contributed by atoms with Crippen LogP contribution in [0.3, 0.4) is 0 Å². The zero-order valence-corrected chi connectivity index (χ0v) is 14.7. The van der Waals surface area contributed by atoms with Gasteiger partial charge in [-0.1, -0.05) is 11.6 Å². The largest absolute Gasteiger partial charge is 0.390 e. The summed E-state index contributed by atoms with van der Waals surface area (Å²) in [7, 11) is 2.06. The predicted molar refractivity (Wildman–Crippen MR) is 92.9 cm³/mol. The average Bonchev–Trinajstić information content (AvgIpc) is 2.50. The van der Waals surface area contributed by atoms with Crippen LogP contribution in [0.1, 0.15) is 0 Å². The molecule has 1 fully saturated rings. The van der Waals surface area contributed by atoms with E-state index >= 15 is 0 Å². The molecule has 1 N–H and O–H groups in total. The number of aliphatic hydroxyl groups excluding tert-OH is 1. The molecular weight excluding hydrogens is 320 g/mol. The third-order valence-electron chi connectivity index (χ3n) is 3.65. The molecule has 1 atom stereocenters. The third-order valence-corrected chi connectivity index (χ3v) is 4.89. The summed E-state index contributed by atoms with van der Waals surface area (Å²) in [6.45, 7) is 5.80. The van der Waals surface area contributed by atoms with Gasteiger partial charge in [-0.15, -0.1) is 11.8 Å². The number of aliphatic hydroxyl groups is 1. The van der Waals surface area contributed by atoms with Gasteiger partial charge in [0, 0.05) is 48.4 Å². The lowest BCUT2D eigenvalue weighted by Crippen LogP contribution is -2.44. The van der Waals surface area contributed by atoms with Crippen LogP contribution in [0, 0.1) is 0 Å². The summed E-state index contributed by atoms with van der Waals surface area (Å²) >= 11 is 7.69. The number of benzene rings is 1.